The first kappa shape index (κ1) is 11.9. The maximum Gasteiger partial charge on any atom is 0.0259 e. The van der Waals surface area contributed by atoms with Crippen molar-refractivity contribution in [2.45, 2.75) is 19.8 Å². The number of nitrogens with zero attached hydrogens (tertiary/aromatic N) is 2. The van der Waals surface area contributed by atoms with E-state index in [1.54, 1.807) is 0 Å². The van der Waals surface area contributed by atoms with Crippen LogP contribution in [0.2, 0.25) is 0 Å². The van der Waals surface area contributed by atoms with Gasteiger partial charge in [-0.3, -0.25) is 5.43 Å². The van der Waals surface area contributed by atoms with E-state index in [2.05, 4.69) is 22.3 Å². The van der Waals surface area contributed by atoms with Gasteiger partial charge in [-0.25, -0.2) is 5.01 Å². The van der Waals surface area contributed by atoms with Crippen molar-refractivity contribution in [1.82, 2.24) is 15.3 Å². The predicted molar refractivity (Wildman–Crippen MR) is 60.0 cm³/mol. The van der Waals surface area contributed by atoms with Crippen LogP contribution in [0.5, 0.6) is 0 Å². The van der Waals surface area contributed by atoms with E-state index in [-0.39, 0.29) is 0 Å². The maximum absolute atomic E-state index is 5.49. The van der Waals surface area contributed by atoms with Gasteiger partial charge in [0.05, 0.1) is 0 Å². The van der Waals surface area contributed by atoms with Crippen LogP contribution in [0.25, 0.3) is 0 Å². The van der Waals surface area contributed by atoms with Gasteiger partial charge in [0.2, 0.25) is 0 Å². The fourth-order valence-corrected chi connectivity index (χ4v) is 1.71. The van der Waals surface area contributed by atoms with Gasteiger partial charge in [0.1, 0.15) is 0 Å². The number of hydrazine groups is 1. The molecule has 0 unspecified atom stereocenters. The van der Waals surface area contributed by atoms with Crippen LogP contribution in [0.1, 0.15) is 19.8 Å². The van der Waals surface area contributed by atoms with Gasteiger partial charge in [0.25, 0.3) is 0 Å². The van der Waals surface area contributed by atoms with E-state index in [0.29, 0.717) is 0 Å². The fourth-order valence-electron chi connectivity index (χ4n) is 1.71. The molecule has 0 radical (unpaired) electrons. The maximum atomic E-state index is 5.49. The van der Waals surface area contributed by atoms with Gasteiger partial charge >= 0.3 is 0 Å². The Morgan fingerprint density at radius 3 is 2.50 bits per heavy atom. The lowest BCUT2D eigenvalue weighted by molar-refractivity contribution is 0.0897. The molecule has 0 spiro atoms. The molecule has 0 aliphatic carbocycles. The molecule has 1 heterocycles. The highest BCUT2D eigenvalue weighted by Crippen LogP contribution is 1.99. The minimum Gasteiger partial charge on any atom is -0.330 e. The van der Waals surface area contributed by atoms with Crippen molar-refractivity contribution in [3.63, 3.8) is 0 Å². The summed E-state index contributed by atoms with van der Waals surface area (Å²) >= 11 is 0. The molecule has 0 aromatic heterocycles. The first-order valence-electron chi connectivity index (χ1n) is 5.77. The second kappa shape index (κ2) is 7.17. The normalized spacial score (nSPS) is 20.1. The van der Waals surface area contributed by atoms with Crippen molar-refractivity contribution < 1.29 is 0 Å². The summed E-state index contributed by atoms with van der Waals surface area (Å²) in [5.41, 5.74) is 8.92. The Morgan fingerprint density at radius 2 is 1.93 bits per heavy atom. The molecular formula is C10H24N4. The number of nitrogens with two attached hydrogens (primary N) is 1. The van der Waals surface area contributed by atoms with Gasteiger partial charge in [0.15, 0.2) is 0 Å². The molecule has 3 N–H and O–H groups in total. The molecule has 0 atom stereocenters. The third-order valence-corrected chi connectivity index (χ3v) is 2.64. The van der Waals surface area contributed by atoms with E-state index in [0.717, 1.165) is 39.1 Å². The third kappa shape index (κ3) is 4.37. The lowest BCUT2D eigenvalue weighted by Gasteiger charge is -2.34. The molecule has 0 saturated carbocycles. The topological polar surface area (TPSA) is 44.5 Å². The molecule has 0 bridgehead atoms. The van der Waals surface area contributed by atoms with Crippen molar-refractivity contribution in [3.05, 3.63) is 0 Å². The highest BCUT2D eigenvalue weighted by atomic mass is 15.5. The number of hydrogen-bond acceptors (Lipinski definition) is 4. The molecule has 0 aromatic carbocycles. The zero-order chi connectivity index (χ0) is 10.2. The second-order valence-electron chi connectivity index (χ2n) is 3.88. The van der Waals surface area contributed by atoms with Crippen molar-refractivity contribution in [3.8, 4) is 0 Å². The van der Waals surface area contributed by atoms with E-state index < -0.39 is 0 Å². The Labute approximate surface area is 87.4 Å². The Kier molecular flexibility index (Phi) is 6.10. The highest BCUT2D eigenvalue weighted by molar-refractivity contribution is 4.69. The van der Waals surface area contributed by atoms with Crippen LogP contribution >= 0.6 is 0 Å². The highest BCUT2D eigenvalue weighted by Gasteiger charge is 2.14. The van der Waals surface area contributed by atoms with Crippen LogP contribution in [0.4, 0.5) is 0 Å². The third-order valence-electron chi connectivity index (χ3n) is 2.64. The lowest BCUT2D eigenvalue weighted by Crippen LogP contribution is -2.52. The van der Waals surface area contributed by atoms with Crippen molar-refractivity contribution >= 4 is 0 Å². The first-order valence-corrected chi connectivity index (χ1v) is 5.77. The minimum absolute atomic E-state index is 0.814. The van der Waals surface area contributed by atoms with Crippen LogP contribution < -0.4 is 11.2 Å². The Hall–Kier alpha value is -0.160. The summed E-state index contributed by atoms with van der Waals surface area (Å²) in [5.74, 6) is 0. The summed E-state index contributed by atoms with van der Waals surface area (Å²) in [6.07, 6.45) is 2.33. The fraction of sp³-hybridized carbons (Fsp3) is 1.00. The molecule has 0 amide bonds. The molecule has 1 rings (SSSR count). The van der Waals surface area contributed by atoms with Gasteiger partial charge in [-0.05, 0) is 25.9 Å². The molecule has 1 aliphatic rings. The number of rotatable bonds is 6. The van der Waals surface area contributed by atoms with E-state index in [1.165, 1.54) is 19.5 Å². The largest absolute Gasteiger partial charge is 0.330 e. The summed E-state index contributed by atoms with van der Waals surface area (Å²) in [4.78, 5) is 2.50. The van der Waals surface area contributed by atoms with Crippen LogP contribution in [-0.4, -0.2) is 55.7 Å². The standard InChI is InChI=1S/C10H24N4/c1-2-5-12-14-9-7-13(8-10-14)6-3-4-11/h12H,2-11H2,1H3. The van der Waals surface area contributed by atoms with Crippen LogP contribution in [0, 0.1) is 0 Å². The molecule has 0 aromatic rings. The molecule has 1 aliphatic heterocycles. The summed E-state index contributed by atoms with van der Waals surface area (Å²) in [7, 11) is 0. The molecule has 1 saturated heterocycles. The van der Waals surface area contributed by atoms with Crippen molar-refractivity contribution in [2.24, 2.45) is 5.73 Å². The van der Waals surface area contributed by atoms with Gasteiger partial charge < -0.3 is 10.6 Å². The monoisotopic (exact) mass is 200 g/mol. The predicted octanol–water partition coefficient (Wildman–Crippen LogP) is -0.133. The van der Waals surface area contributed by atoms with Gasteiger partial charge in [-0.2, -0.15) is 0 Å². The summed E-state index contributed by atoms with van der Waals surface area (Å²) in [5, 5.41) is 2.34. The summed E-state index contributed by atoms with van der Waals surface area (Å²) in [6, 6.07) is 0. The van der Waals surface area contributed by atoms with Gasteiger partial charge in [-0.1, -0.05) is 6.92 Å². The van der Waals surface area contributed by atoms with Gasteiger partial charge in [-0.15, -0.1) is 0 Å². The van der Waals surface area contributed by atoms with E-state index in [1.807, 2.05) is 0 Å². The van der Waals surface area contributed by atoms with Crippen molar-refractivity contribution in [1.29, 1.82) is 0 Å². The molecule has 4 heteroatoms. The number of nitrogens with one attached hydrogen (secondary N) is 1. The van der Waals surface area contributed by atoms with Gasteiger partial charge in [0, 0.05) is 32.7 Å². The zero-order valence-electron chi connectivity index (χ0n) is 9.34. The quantitative estimate of drug-likeness (QED) is 0.627. The van der Waals surface area contributed by atoms with E-state index in [9.17, 15) is 0 Å². The lowest BCUT2D eigenvalue weighted by atomic mass is 10.3. The zero-order valence-corrected chi connectivity index (χ0v) is 9.34. The SMILES string of the molecule is CCCNN1CCN(CCCN)CC1. The second-order valence-corrected chi connectivity index (χ2v) is 3.88. The van der Waals surface area contributed by atoms with Crippen LogP contribution in [0.15, 0.2) is 0 Å². The van der Waals surface area contributed by atoms with E-state index in [4.69, 9.17) is 5.73 Å². The summed E-state index contributed by atoms with van der Waals surface area (Å²) in [6.45, 7) is 9.92. The Balaban J connectivity index is 2.05. The smallest absolute Gasteiger partial charge is 0.0259 e. The van der Waals surface area contributed by atoms with Crippen molar-refractivity contribution in [2.75, 3.05) is 45.8 Å². The molecule has 1 fully saturated rings. The molecule has 84 valence electrons. The Bertz CT molecular complexity index is 116. The molecular weight excluding hydrogens is 176 g/mol. The molecule has 4 nitrogen and oxygen atoms in total. The number of piperazine rings is 1. The van der Waals surface area contributed by atoms with Crippen LogP contribution in [0.3, 0.4) is 0 Å². The summed E-state index contributed by atoms with van der Waals surface area (Å²) < 4.78 is 0. The van der Waals surface area contributed by atoms with E-state index >= 15 is 0 Å². The minimum atomic E-state index is 0.814. The average Bonchev–Trinajstić information content (AvgIpc) is 2.25. The number of hydrogen-bond donors (Lipinski definition) is 2. The Morgan fingerprint density at radius 1 is 1.21 bits per heavy atom. The molecule has 14 heavy (non-hydrogen) atoms. The average molecular weight is 200 g/mol. The first-order chi connectivity index (χ1) is 6.86. The van der Waals surface area contributed by atoms with Crippen LogP contribution in [-0.2, 0) is 0 Å².